The fourth-order valence-corrected chi connectivity index (χ4v) is 1.54. The first-order valence-electron chi connectivity index (χ1n) is 4.37. The number of Topliss-reactive ketones (excluding diaryl/α,β-unsaturated/α-hetero) is 1. The minimum Gasteiger partial charge on any atom is -0.294 e. The molecule has 0 amide bonds. The van der Waals surface area contributed by atoms with E-state index in [1.807, 2.05) is 0 Å². The Morgan fingerprint density at radius 3 is 2.50 bits per heavy atom. The van der Waals surface area contributed by atoms with Gasteiger partial charge in [-0.05, 0) is 24.1 Å². The first-order chi connectivity index (χ1) is 6.68. The predicted octanol–water partition coefficient (Wildman–Crippen LogP) is 2.71. The first-order valence-corrected chi connectivity index (χ1v) is 4.37. The van der Waals surface area contributed by atoms with E-state index in [0.29, 0.717) is 24.0 Å². The molecule has 0 atom stereocenters. The Kier molecular flexibility index (Phi) is 2.15. The second-order valence-corrected chi connectivity index (χ2v) is 3.21. The van der Waals surface area contributed by atoms with Crippen molar-refractivity contribution in [1.82, 2.24) is 0 Å². The lowest BCUT2D eigenvalue weighted by Crippen LogP contribution is -1.96. The zero-order chi connectivity index (χ0) is 10.1. The Morgan fingerprint density at radius 2 is 1.93 bits per heavy atom. The molecule has 1 aliphatic carbocycles. The monoisotopic (exact) mass is 194 g/mol. The van der Waals surface area contributed by atoms with Gasteiger partial charge >= 0.3 is 0 Å². The number of hydrogen-bond acceptors (Lipinski definition) is 1. The van der Waals surface area contributed by atoms with E-state index in [9.17, 15) is 13.6 Å². The van der Waals surface area contributed by atoms with Gasteiger partial charge in [0.2, 0.25) is 0 Å². The normalized spacial score (nSPS) is 15.9. The first kappa shape index (κ1) is 9.06. The van der Waals surface area contributed by atoms with Gasteiger partial charge in [-0.15, -0.1) is 0 Å². The van der Waals surface area contributed by atoms with Crippen molar-refractivity contribution in [2.45, 2.75) is 12.8 Å². The molecule has 1 aromatic carbocycles. The van der Waals surface area contributed by atoms with Crippen molar-refractivity contribution < 1.29 is 13.6 Å². The van der Waals surface area contributed by atoms with E-state index < -0.39 is 11.6 Å². The molecule has 0 heterocycles. The number of benzene rings is 1. The summed E-state index contributed by atoms with van der Waals surface area (Å²) >= 11 is 0. The van der Waals surface area contributed by atoms with Gasteiger partial charge < -0.3 is 0 Å². The molecule has 0 saturated heterocycles. The van der Waals surface area contributed by atoms with Crippen molar-refractivity contribution in [2.75, 3.05) is 0 Å². The van der Waals surface area contributed by atoms with Crippen molar-refractivity contribution >= 4 is 11.4 Å². The highest BCUT2D eigenvalue weighted by Gasteiger charge is 2.17. The molecule has 72 valence electrons. The van der Waals surface area contributed by atoms with Crippen LogP contribution in [-0.4, -0.2) is 5.78 Å². The van der Waals surface area contributed by atoms with Crippen LogP contribution in [0.5, 0.6) is 0 Å². The Morgan fingerprint density at radius 1 is 1.14 bits per heavy atom. The second-order valence-electron chi connectivity index (χ2n) is 3.21. The van der Waals surface area contributed by atoms with Gasteiger partial charge in [0.25, 0.3) is 0 Å². The van der Waals surface area contributed by atoms with Gasteiger partial charge in [0.15, 0.2) is 17.4 Å². The maximum atomic E-state index is 12.8. The molecule has 0 fully saturated rings. The molecule has 0 spiro atoms. The predicted molar refractivity (Wildman–Crippen MR) is 48.6 cm³/mol. The van der Waals surface area contributed by atoms with E-state index in [-0.39, 0.29) is 5.78 Å². The molecule has 3 heteroatoms. The Hall–Kier alpha value is -1.51. The molecule has 0 N–H and O–H groups in total. The van der Waals surface area contributed by atoms with Crippen molar-refractivity contribution in [1.29, 1.82) is 0 Å². The molecular formula is C11H8F2O. The van der Waals surface area contributed by atoms with E-state index >= 15 is 0 Å². The Bertz CT molecular complexity index is 421. The third-order valence-electron chi connectivity index (χ3n) is 2.25. The summed E-state index contributed by atoms with van der Waals surface area (Å²) in [7, 11) is 0. The number of hydrogen-bond donors (Lipinski definition) is 0. The third-order valence-corrected chi connectivity index (χ3v) is 2.25. The highest BCUT2D eigenvalue weighted by atomic mass is 19.2. The van der Waals surface area contributed by atoms with E-state index in [1.165, 1.54) is 6.07 Å². The van der Waals surface area contributed by atoms with Crippen molar-refractivity contribution in [3.05, 3.63) is 41.5 Å². The van der Waals surface area contributed by atoms with Gasteiger partial charge in [0.1, 0.15) is 0 Å². The second kappa shape index (κ2) is 3.33. The molecule has 0 radical (unpaired) electrons. The van der Waals surface area contributed by atoms with Crippen LogP contribution < -0.4 is 0 Å². The molecule has 1 aliphatic rings. The Labute approximate surface area is 80.1 Å². The number of halogens is 2. The molecule has 1 nitrogen and oxygen atoms in total. The number of ketones is 1. The topological polar surface area (TPSA) is 17.1 Å². The zero-order valence-corrected chi connectivity index (χ0v) is 7.39. The fraction of sp³-hybridized carbons (Fsp3) is 0.182. The van der Waals surface area contributed by atoms with Crippen LogP contribution >= 0.6 is 0 Å². The summed E-state index contributed by atoms with van der Waals surface area (Å²) in [6.45, 7) is 0. The van der Waals surface area contributed by atoms with Gasteiger partial charge in [-0.3, -0.25) is 4.79 Å². The molecule has 2 rings (SSSR count). The van der Waals surface area contributed by atoms with Crippen molar-refractivity contribution in [2.24, 2.45) is 0 Å². The van der Waals surface area contributed by atoms with Crippen LogP contribution in [0.25, 0.3) is 5.57 Å². The molecule has 1 aromatic rings. The van der Waals surface area contributed by atoms with Gasteiger partial charge in [-0.1, -0.05) is 12.1 Å². The smallest absolute Gasteiger partial charge is 0.163 e. The molecule has 0 saturated carbocycles. The van der Waals surface area contributed by atoms with E-state index in [4.69, 9.17) is 0 Å². The van der Waals surface area contributed by atoms with Crippen LogP contribution in [0, 0.1) is 11.6 Å². The summed E-state index contributed by atoms with van der Waals surface area (Å²) in [5, 5.41) is 0. The number of allylic oxidation sites excluding steroid dienone is 2. The molecule has 0 aromatic heterocycles. The summed E-state index contributed by atoms with van der Waals surface area (Å²) in [5.41, 5.74) is 0.968. The van der Waals surface area contributed by atoms with E-state index in [1.54, 1.807) is 6.08 Å². The summed E-state index contributed by atoms with van der Waals surface area (Å²) in [4.78, 5) is 11.3. The minimum atomic E-state index is -0.914. The third kappa shape index (κ3) is 1.45. The van der Waals surface area contributed by atoms with Crippen LogP contribution in [0.2, 0.25) is 0 Å². The van der Waals surface area contributed by atoms with Crippen LogP contribution in [0.4, 0.5) is 8.78 Å². The van der Waals surface area contributed by atoms with Crippen LogP contribution in [-0.2, 0) is 4.79 Å². The zero-order valence-electron chi connectivity index (χ0n) is 7.39. The molecule has 0 unspecified atom stereocenters. The number of carbonyl (C=O) groups excluding carboxylic acids is 1. The van der Waals surface area contributed by atoms with Crippen molar-refractivity contribution in [3.63, 3.8) is 0 Å². The number of rotatable bonds is 1. The molecule has 14 heavy (non-hydrogen) atoms. The summed E-state index contributed by atoms with van der Waals surface area (Å²) in [6.07, 6.45) is 2.91. The average Bonchev–Trinajstić information content (AvgIpc) is 2.57. The van der Waals surface area contributed by atoms with Crippen LogP contribution in [0.15, 0.2) is 24.3 Å². The van der Waals surface area contributed by atoms with Gasteiger partial charge in [-0.2, -0.15) is 0 Å². The SMILES string of the molecule is O=C1CCC=C1c1ccc(F)c(F)c1. The van der Waals surface area contributed by atoms with Crippen LogP contribution in [0.1, 0.15) is 18.4 Å². The van der Waals surface area contributed by atoms with Crippen LogP contribution in [0.3, 0.4) is 0 Å². The van der Waals surface area contributed by atoms with Gasteiger partial charge in [0, 0.05) is 12.0 Å². The lowest BCUT2D eigenvalue weighted by Gasteiger charge is -2.01. The number of carbonyl (C=O) groups is 1. The maximum absolute atomic E-state index is 12.8. The molecular weight excluding hydrogens is 186 g/mol. The van der Waals surface area contributed by atoms with E-state index in [2.05, 4.69) is 0 Å². The summed E-state index contributed by atoms with van der Waals surface area (Å²) in [6, 6.07) is 3.52. The van der Waals surface area contributed by atoms with E-state index in [0.717, 1.165) is 12.1 Å². The highest BCUT2D eigenvalue weighted by Crippen LogP contribution is 2.25. The summed E-state index contributed by atoms with van der Waals surface area (Å²) in [5.74, 6) is -1.81. The molecule has 0 bridgehead atoms. The van der Waals surface area contributed by atoms with Crippen molar-refractivity contribution in [3.8, 4) is 0 Å². The quantitative estimate of drug-likeness (QED) is 0.671. The fourth-order valence-electron chi connectivity index (χ4n) is 1.54. The Balaban J connectivity index is 2.42. The molecule has 0 aliphatic heterocycles. The van der Waals surface area contributed by atoms with Gasteiger partial charge in [-0.25, -0.2) is 8.78 Å². The average molecular weight is 194 g/mol. The maximum Gasteiger partial charge on any atom is 0.163 e. The highest BCUT2D eigenvalue weighted by molar-refractivity contribution is 6.22. The lowest BCUT2D eigenvalue weighted by molar-refractivity contribution is -0.113. The summed E-state index contributed by atoms with van der Waals surface area (Å²) < 4.78 is 25.4. The van der Waals surface area contributed by atoms with Gasteiger partial charge in [0.05, 0.1) is 0 Å². The largest absolute Gasteiger partial charge is 0.294 e. The standard InChI is InChI=1S/C11H8F2O/c12-9-5-4-7(6-10(9)13)8-2-1-3-11(8)14/h2,4-6H,1,3H2. The minimum absolute atomic E-state index is 0.00370. The lowest BCUT2D eigenvalue weighted by atomic mass is 10.0.